The highest BCUT2D eigenvalue weighted by Gasteiger charge is 2.05. The van der Waals surface area contributed by atoms with E-state index in [2.05, 4.69) is 48.2 Å². The number of unbranched alkanes of at least 4 members (excludes halogenated alkanes) is 1. The SMILES string of the molecule is CCCCC(P)c1cc(C)cc(C)c1. The fourth-order valence-electron chi connectivity index (χ4n) is 1.81. The fourth-order valence-corrected chi connectivity index (χ4v) is 2.24. The topological polar surface area (TPSA) is 0 Å². The Morgan fingerprint density at radius 3 is 2.21 bits per heavy atom. The molecule has 0 heterocycles. The first-order valence-corrected chi connectivity index (χ1v) is 6.14. The highest BCUT2D eigenvalue weighted by Crippen LogP contribution is 2.29. The minimum absolute atomic E-state index is 0.633. The van der Waals surface area contributed by atoms with E-state index in [0.717, 1.165) is 0 Å². The Morgan fingerprint density at radius 1 is 1.14 bits per heavy atom. The Morgan fingerprint density at radius 2 is 1.71 bits per heavy atom. The summed E-state index contributed by atoms with van der Waals surface area (Å²) in [6.45, 7) is 6.60. The maximum absolute atomic E-state index is 2.97. The number of aryl methyl sites for hydroxylation is 2. The molecule has 0 fully saturated rings. The van der Waals surface area contributed by atoms with Crippen LogP contribution in [-0.2, 0) is 0 Å². The summed E-state index contributed by atoms with van der Waals surface area (Å²) in [6.07, 6.45) is 3.89. The minimum atomic E-state index is 0.633. The smallest absolute Gasteiger partial charge is 0.00144 e. The second-order valence-corrected chi connectivity index (χ2v) is 4.97. The third-order valence-corrected chi connectivity index (χ3v) is 3.26. The van der Waals surface area contributed by atoms with Crippen molar-refractivity contribution in [1.29, 1.82) is 0 Å². The van der Waals surface area contributed by atoms with Gasteiger partial charge in [-0.3, -0.25) is 0 Å². The van der Waals surface area contributed by atoms with Crippen LogP contribution < -0.4 is 0 Å². The number of rotatable bonds is 4. The molecule has 0 aromatic heterocycles. The summed E-state index contributed by atoms with van der Waals surface area (Å²) >= 11 is 0. The van der Waals surface area contributed by atoms with Gasteiger partial charge in [-0.1, -0.05) is 49.1 Å². The van der Waals surface area contributed by atoms with E-state index in [0.29, 0.717) is 5.66 Å². The van der Waals surface area contributed by atoms with Gasteiger partial charge in [0.15, 0.2) is 0 Å². The standard InChI is InChI=1S/C13H21P/c1-4-5-6-13(14)12-8-10(2)7-11(3)9-12/h7-9,13H,4-6,14H2,1-3H3. The van der Waals surface area contributed by atoms with Crippen molar-refractivity contribution in [2.24, 2.45) is 0 Å². The molecule has 0 radical (unpaired) electrons. The van der Waals surface area contributed by atoms with Crippen LogP contribution in [0, 0.1) is 13.8 Å². The molecule has 0 aliphatic rings. The molecule has 0 amide bonds. The van der Waals surface area contributed by atoms with Crippen LogP contribution in [-0.4, -0.2) is 0 Å². The van der Waals surface area contributed by atoms with Crippen LogP contribution in [0.2, 0.25) is 0 Å². The molecule has 0 N–H and O–H groups in total. The summed E-state index contributed by atoms with van der Waals surface area (Å²) in [7, 11) is 2.97. The van der Waals surface area contributed by atoms with Crippen molar-refractivity contribution < 1.29 is 0 Å². The van der Waals surface area contributed by atoms with E-state index in [9.17, 15) is 0 Å². The van der Waals surface area contributed by atoms with Crippen molar-refractivity contribution >= 4 is 9.24 Å². The van der Waals surface area contributed by atoms with E-state index in [1.807, 2.05) is 0 Å². The van der Waals surface area contributed by atoms with Crippen molar-refractivity contribution in [2.45, 2.75) is 45.7 Å². The van der Waals surface area contributed by atoms with Crippen LogP contribution in [0.3, 0.4) is 0 Å². The molecule has 2 atom stereocenters. The lowest BCUT2D eigenvalue weighted by atomic mass is 10.0. The van der Waals surface area contributed by atoms with E-state index in [1.54, 1.807) is 0 Å². The molecule has 1 aromatic carbocycles. The van der Waals surface area contributed by atoms with Crippen LogP contribution in [0.15, 0.2) is 18.2 Å². The van der Waals surface area contributed by atoms with Gasteiger partial charge in [0.1, 0.15) is 0 Å². The Labute approximate surface area is 90.3 Å². The van der Waals surface area contributed by atoms with Crippen LogP contribution in [0.1, 0.15) is 48.5 Å². The largest absolute Gasteiger partial charge is 0.130 e. The summed E-state index contributed by atoms with van der Waals surface area (Å²) in [5.74, 6) is 0. The van der Waals surface area contributed by atoms with Crippen molar-refractivity contribution in [2.75, 3.05) is 0 Å². The van der Waals surface area contributed by atoms with Crippen molar-refractivity contribution in [3.63, 3.8) is 0 Å². The molecular weight excluding hydrogens is 187 g/mol. The highest BCUT2D eigenvalue weighted by molar-refractivity contribution is 7.17. The quantitative estimate of drug-likeness (QED) is 0.643. The van der Waals surface area contributed by atoms with E-state index >= 15 is 0 Å². The van der Waals surface area contributed by atoms with E-state index in [1.165, 1.54) is 36.0 Å². The summed E-state index contributed by atoms with van der Waals surface area (Å²) in [4.78, 5) is 0. The highest BCUT2D eigenvalue weighted by atomic mass is 31.0. The average Bonchev–Trinajstić information content (AvgIpc) is 2.12. The first-order chi connectivity index (χ1) is 6.63. The first-order valence-electron chi connectivity index (χ1n) is 5.47. The van der Waals surface area contributed by atoms with Gasteiger partial charge in [-0.05, 0) is 31.5 Å². The fraction of sp³-hybridized carbons (Fsp3) is 0.538. The Kier molecular flexibility index (Phi) is 4.62. The van der Waals surface area contributed by atoms with Crippen LogP contribution in [0.25, 0.3) is 0 Å². The normalized spacial score (nSPS) is 12.9. The molecule has 0 nitrogen and oxygen atoms in total. The van der Waals surface area contributed by atoms with Gasteiger partial charge in [0.25, 0.3) is 0 Å². The van der Waals surface area contributed by atoms with Crippen molar-refractivity contribution in [3.8, 4) is 0 Å². The van der Waals surface area contributed by atoms with Gasteiger partial charge in [0.05, 0.1) is 0 Å². The van der Waals surface area contributed by atoms with Crippen molar-refractivity contribution in [1.82, 2.24) is 0 Å². The second kappa shape index (κ2) is 5.51. The molecule has 2 unspecified atom stereocenters. The second-order valence-electron chi connectivity index (χ2n) is 4.17. The van der Waals surface area contributed by atoms with Crippen LogP contribution in [0.4, 0.5) is 0 Å². The lowest BCUT2D eigenvalue weighted by Crippen LogP contribution is -1.92. The molecule has 0 bridgehead atoms. The Balaban J connectivity index is 2.73. The molecule has 1 rings (SSSR count). The van der Waals surface area contributed by atoms with Gasteiger partial charge in [0, 0.05) is 0 Å². The van der Waals surface area contributed by atoms with Crippen molar-refractivity contribution in [3.05, 3.63) is 34.9 Å². The Hall–Kier alpha value is -0.350. The molecule has 0 saturated carbocycles. The van der Waals surface area contributed by atoms with E-state index in [-0.39, 0.29) is 0 Å². The molecule has 0 spiro atoms. The molecule has 1 heteroatoms. The molecule has 14 heavy (non-hydrogen) atoms. The molecule has 1 aromatic rings. The van der Waals surface area contributed by atoms with Gasteiger partial charge >= 0.3 is 0 Å². The third kappa shape index (κ3) is 3.42. The summed E-state index contributed by atoms with van der Waals surface area (Å²) in [6, 6.07) is 6.85. The number of hydrogen-bond donors (Lipinski definition) is 0. The van der Waals surface area contributed by atoms with E-state index < -0.39 is 0 Å². The van der Waals surface area contributed by atoms with E-state index in [4.69, 9.17) is 0 Å². The van der Waals surface area contributed by atoms with Gasteiger partial charge in [-0.25, -0.2) is 0 Å². The minimum Gasteiger partial charge on any atom is -0.130 e. The van der Waals surface area contributed by atoms with Gasteiger partial charge in [-0.15, -0.1) is 9.24 Å². The van der Waals surface area contributed by atoms with Crippen LogP contribution >= 0.6 is 9.24 Å². The summed E-state index contributed by atoms with van der Waals surface area (Å²) < 4.78 is 0. The lowest BCUT2D eigenvalue weighted by Gasteiger charge is -2.12. The predicted molar refractivity (Wildman–Crippen MR) is 67.9 cm³/mol. The number of hydrogen-bond acceptors (Lipinski definition) is 0. The molecule has 0 aliphatic heterocycles. The van der Waals surface area contributed by atoms with Crippen LogP contribution in [0.5, 0.6) is 0 Å². The molecule has 0 aliphatic carbocycles. The number of benzene rings is 1. The van der Waals surface area contributed by atoms with Gasteiger partial charge < -0.3 is 0 Å². The lowest BCUT2D eigenvalue weighted by molar-refractivity contribution is 0.706. The maximum Gasteiger partial charge on any atom is -0.00144 e. The van der Waals surface area contributed by atoms with Gasteiger partial charge in [0.2, 0.25) is 0 Å². The first kappa shape index (κ1) is 11.7. The molecule has 78 valence electrons. The molecular formula is C13H21P. The predicted octanol–water partition coefficient (Wildman–Crippen LogP) is 4.41. The third-order valence-electron chi connectivity index (χ3n) is 2.54. The summed E-state index contributed by atoms with van der Waals surface area (Å²) in [5.41, 5.74) is 4.86. The zero-order valence-corrected chi connectivity index (χ0v) is 10.7. The monoisotopic (exact) mass is 208 g/mol. The maximum atomic E-state index is 2.97. The molecule has 0 saturated heterocycles. The zero-order valence-electron chi connectivity index (χ0n) is 9.51. The Bertz CT molecular complexity index is 271. The zero-order chi connectivity index (χ0) is 10.6. The summed E-state index contributed by atoms with van der Waals surface area (Å²) in [5, 5.41) is 0. The average molecular weight is 208 g/mol. The van der Waals surface area contributed by atoms with Gasteiger partial charge in [-0.2, -0.15) is 0 Å².